The molecule has 1 unspecified atom stereocenters. The van der Waals surface area contributed by atoms with E-state index in [0.29, 0.717) is 12.5 Å². The van der Waals surface area contributed by atoms with E-state index < -0.39 is 0 Å². The van der Waals surface area contributed by atoms with Gasteiger partial charge in [-0.25, -0.2) is 0 Å². The molecule has 0 saturated carbocycles. The molecule has 4 nitrogen and oxygen atoms in total. The summed E-state index contributed by atoms with van der Waals surface area (Å²) in [5.74, 6) is 0.636. The van der Waals surface area contributed by atoms with E-state index in [9.17, 15) is 9.59 Å². The SMILES string of the molecule is CC1CCN(C(=O)CN2Cc3ccccc3C2=O)C1. The predicted octanol–water partition coefficient (Wildman–Crippen LogP) is 1.51. The van der Waals surface area contributed by atoms with Crippen LogP contribution in [0.5, 0.6) is 0 Å². The molecule has 0 aromatic heterocycles. The Kier molecular flexibility index (Phi) is 3.01. The average molecular weight is 258 g/mol. The molecule has 2 heterocycles. The number of hydrogen-bond acceptors (Lipinski definition) is 2. The molecule has 0 spiro atoms. The standard InChI is InChI=1S/C15H18N2O2/c1-11-6-7-16(8-11)14(18)10-17-9-12-4-2-3-5-13(12)15(17)19/h2-5,11H,6-10H2,1H3. The fourth-order valence-electron chi connectivity index (χ4n) is 2.87. The van der Waals surface area contributed by atoms with Gasteiger partial charge in [0.05, 0.1) is 0 Å². The first kappa shape index (κ1) is 12.2. The van der Waals surface area contributed by atoms with Crippen LogP contribution in [0.15, 0.2) is 24.3 Å². The van der Waals surface area contributed by atoms with Gasteiger partial charge in [-0.05, 0) is 24.0 Å². The number of hydrogen-bond donors (Lipinski definition) is 0. The second kappa shape index (κ2) is 4.68. The number of carbonyl (C=O) groups is 2. The highest BCUT2D eigenvalue weighted by atomic mass is 16.2. The van der Waals surface area contributed by atoms with E-state index in [4.69, 9.17) is 0 Å². The Balaban J connectivity index is 1.66. The highest BCUT2D eigenvalue weighted by Gasteiger charge is 2.31. The van der Waals surface area contributed by atoms with Gasteiger partial charge in [-0.3, -0.25) is 9.59 Å². The lowest BCUT2D eigenvalue weighted by Gasteiger charge is -2.21. The third-order valence-electron chi connectivity index (χ3n) is 4.00. The van der Waals surface area contributed by atoms with Crippen molar-refractivity contribution in [2.75, 3.05) is 19.6 Å². The third kappa shape index (κ3) is 2.23. The summed E-state index contributed by atoms with van der Waals surface area (Å²) in [6.45, 7) is 4.58. The second-order valence-corrected chi connectivity index (χ2v) is 5.55. The Morgan fingerprint density at radius 1 is 1.37 bits per heavy atom. The van der Waals surface area contributed by atoms with Crippen LogP contribution in [-0.2, 0) is 11.3 Å². The summed E-state index contributed by atoms with van der Waals surface area (Å²) in [7, 11) is 0. The zero-order valence-electron chi connectivity index (χ0n) is 11.1. The Morgan fingerprint density at radius 2 is 2.16 bits per heavy atom. The minimum atomic E-state index is -0.0174. The lowest BCUT2D eigenvalue weighted by Crippen LogP contribution is -2.39. The van der Waals surface area contributed by atoms with Crippen LogP contribution >= 0.6 is 0 Å². The minimum absolute atomic E-state index is 0.0174. The zero-order chi connectivity index (χ0) is 13.4. The quantitative estimate of drug-likeness (QED) is 0.807. The molecule has 0 radical (unpaired) electrons. The lowest BCUT2D eigenvalue weighted by molar-refractivity contribution is -0.131. The lowest BCUT2D eigenvalue weighted by atomic mass is 10.1. The van der Waals surface area contributed by atoms with E-state index in [2.05, 4.69) is 6.92 Å². The van der Waals surface area contributed by atoms with Crippen molar-refractivity contribution in [2.24, 2.45) is 5.92 Å². The molecule has 0 N–H and O–H groups in total. The maximum absolute atomic E-state index is 12.2. The van der Waals surface area contributed by atoms with Crippen LogP contribution in [0.2, 0.25) is 0 Å². The molecular weight excluding hydrogens is 240 g/mol. The van der Waals surface area contributed by atoms with Crippen LogP contribution < -0.4 is 0 Å². The van der Waals surface area contributed by atoms with Crippen molar-refractivity contribution >= 4 is 11.8 Å². The largest absolute Gasteiger partial charge is 0.341 e. The molecule has 1 atom stereocenters. The van der Waals surface area contributed by atoms with Crippen molar-refractivity contribution in [3.05, 3.63) is 35.4 Å². The molecule has 3 rings (SSSR count). The van der Waals surface area contributed by atoms with Crippen molar-refractivity contribution in [3.63, 3.8) is 0 Å². The maximum atomic E-state index is 12.2. The number of fused-ring (bicyclic) bond motifs is 1. The fraction of sp³-hybridized carbons (Fsp3) is 0.467. The molecule has 1 fully saturated rings. The summed E-state index contributed by atoms with van der Waals surface area (Å²) < 4.78 is 0. The van der Waals surface area contributed by atoms with Gasteiger partial charge in [-0.1, -0.05) is 25.1 Å². The van der Waals surface area contributed by atoms with Gasteiger partial charge in [-0.2, -0.15) is 0 Å². The van der Waals surface area contributed by atoms with Gasteiger partial charge in [-0.15, -0.1) is 0 Å². The van der Waals surface area contributed by atoms with Crippen molar-refractivity contribution in [1.29, 1.82) is 0 Å². The summed E-state index contributed by atoms with van der Waals surface area (Å²) in [6.07, 6.45) is 1.07. The fourth-order valence-corrected chi connectivity index (χ4v) is 2.87. The molecule has 100 valence electrons. The summed E-state index contributed by atoms with van der Waals surface area (Å²) in [6, 6.07) is 7.58. The zero-order valence-corrected chi connectivity index (χ0v) is 11.1. The number of benzene rings is 1. The molecule has 2 aliphatic heterocycles. The van der Waals surface area contributed by atoms with E-state index in [1.807, 2.05) is 29.2 Å². The van der Waals surface area contributed by atoms with Crippen molar-refractivity contribution in [1.82, 2.24) is 9.80 Å². The number of nitrogens with zero attached hydrogens (tertiary/aromatic N) is 2. The minimum Gasteiger partial charge on any atom is -0.341 e. The second-order valence-electron chi connectivity index (χ2n) is 5.55. The van der Waals surface area contributed by atoms with Crippen LogP contribution in [0.4, 0.5) is 0 Å². The Bertz CT molecular complexity index is 527. The molecular formula is C15H18N2O2. The molecule has 1 saturated heterocycles. The van der Waals surface area contributed by atoms with E-state index in [1.54, 1.807) is 4.90 Å². The number of carbonyl (C=O) groups excluding carboxylic acids is 2. The summed E-state index contributed by atoms with van der Waals surface area (Å²) in [5, 5.41) is 0. The summed E-state index contributed by atoms with van der Waals surface area (Å²) in [4.78, 5) is 27.9. The number of amides is 2. The molecule has 1 aromatic carbocycles. The molecule has 19 heavy (non-hydrogen) atoms. The normalized spacial score (nSPS) is 21.9. The van der Waals surface area contributed by atoms with Gasteiger partial charge in [0.15, 0.2) is 0 Å². The topological polar surface area (TPSA) is 40.6 Å². The van der Waals surface area contributed by atoms with Gasteiger partial charge in [0.25, 0.3) is 5.91 Å². The summed E-state index contributed by atoms with van der Waals surface area (Å²) >= 11 is 0. The molecule has 0 bridgehead atoms. The van der Waals surface area contributed by atoms with Crippen LogP contribution in [0, 0.1) is 5.92 Å². The average Bonchev–Trinajstić information content (AvgIpc) is 2.96. The predicted molar refractivity (Wildman–Crippen MR) is 71.5 cm³/mol. The molecule has 2 aliphatic rings. The highest BCUT2D eigenvalue weighted by molar-refractivity contribution is 6.00. The van der Waals surface area contributed by atoms with Crippen LogP contribution in [0.3, 0.4) is 0 Å². The first-order chi connectivity index (χ1) is 9.15. The van der Waals surface area contributed by atoms with Crippen LogP contribution in [-0.4, -0.2) is 41.2 Å². The monoisotopic (exact) mass is 258 g/mol. The van der Waals surface area contributed by atoms with E-state index in [1.165, 1.54) is 0 Å². The van der Waals surface area contributed by atoms with E-state index in [-0.39, 0.29) is 18.4 Å². The maximum Gasteiger partial charge on any atom is 0.254 e. The highest BCUT2D eigenvalue weighted by Crippen LogP contribution is 2.23. The summed E-state index contributed by atoms with van der Waals surface area (Å²) in [5.41, 5.74) is 1.76. The van der Waals surface area contributed by atoms with Gasteiger partial charge < -0.3 is 9.80 Å². The third-order valence-corrected chi connectivity index (χ3v) is 4.00. The smallest absolute Gasteiger partial charge is 0.254 e. The molecule has 0 aliphatic carbocycles. The Morgan fingerprint density at radius 3 is 2.84 bits per heavy atom. The molecule has 2 amide bonds. The first-order valence-corrected chi connectivity index (χ1v) is 6.80. The number of likely N-dealkylation sites (tertiary alicyclic amines) is 1. The van der Waals surface area contributed by atoms with Crippen molar-refractivity contribution in [3.8, 4) is 0 Å². The number of rotatable bonds is 2. The van der Waals surface area contributed by atoms with Crippen LogP contribution in [0.1, 0.15) is 29.3 Å². The van der Waals surface area contributed by atoms with Crippen molar-refractivity contribution < 1.29 is 9.59 Å². The van der Waals surface area contributed by atoms with Crippen molar-refractivity contribution in [2.45, 2.75) is 19.9 Å². The van der Waals surface area contributed by atoms with Crippen LogP contribution in [0.25, 0.3) is 0 Å². The van der Waals surface area contributed by atoms with Gasteiger partial charge in [0, 0.05) is 25.2 Å². The Hall–Kier alpha value is -1.84. The first-order valence-electron chi connectivity index (χ1n) is 6.80. The van der Waals surface area contributed by atoms with Gasteiger partial charge >= 0.3 is 0 Å². The molecule has 4 heteroatoms. The molecule has 1 aromatic rings. The Labute approximate surface area is 113 Å². The van der Waals surface area contributed by atoms with Gasteiger partial charge in [0.2, 0.25) is 5.91 Å². The van der Waals surface area contributed by atoms with Gasteiger partial charge in [0.1, 0.15) is 6.54 Å². The van der Waals surface area contributed by atoms with E-state index in [0.717, 1.165) is 30.6 Å². The van der Waals surface area contributed by atoms with E-state index >= 15 is 0 Å².